The molecule has 4 atom stereocenters. The van der Waals surface area contributed by atoms with Gasteiger partial charge in [0.2, 0.25) is 5.91 Å². The van der Waals surface area contributed by atoms with E-state index < -0.39 is 11.9 Å². The molecule has 0 saturated heterocycles. The number of carbonyl (C=O) groups excluding carboxylic acids is 1. The number of halogens is 4. The van der Waals surface area contributed by atoms with Crippen molar-refractivity contribution in [2.45, 2.75) is 18.6 Å². The van der Waals surface area contributed by atoms with Crippen molar-refractivity contribution in [1.29, 1.82) is 0 Å². The van der Waals surface area contributed by atoms with Crippen molar-refractivity contribution in [1.82, 2.24) is 19.9 Å². The molecule has 0 radical (unpaired) electrons. The molecular formula is C20H16ClF3N6O. The van der Waals surface area contributed by atoms with Gasteiger partial charge in [-0.25, -0.2) is 9.97 Å². The van der Waals surface area contributed by atoms with E-state index in [1.54, 1.807) is 0 Å². The Kier molecular flexibility index (Phi) is 4.44. The van der Waals surface area contributed by atoms with Crippen LogP contribution < -0.4 is 11.1 Å². The third kappa shape index (κ3) is 3.31. The van der Waals surface area contributed by atoms with Gasteiger partial charge in [0.1, 0.15) is 17.0 Å². The molecule has 3 aromatic heterocycles. The number of nitrogens with two attached hydrogens (primary N) is 1. The van der Waals surface area contributed by atoms with Crippen LogP contribution in [0.2, 0.25) is 5.02 Å². The van der Waals surface area contributed by atoms with E-state index >= 15 is 0 Å². The SMILES string of the molecule is NC(=O)[C@@H]1C(Nc2c(Cl)cnc3nc(-c4ccc(C(F)(F)F)nc4)[nH]c23)[C@H]2C=C[C@@H]1C2. The minimum atomic E-state index is -4.52. The van der Waals surface area contributed by atoms with Crippen molar-refractivity contribution >= 4 is 34.4 Å². The summed E-state index contributed by atoms with van der Waals surface area (Å²) in [5, 5.41) is 3.67. The monoisotopic (exact) mass is 448 g/mol. The fourth-order valence-corrected chi connectivity index (χ4v) is 4.68. The van der Waals surface area contributed by atoms with Gasteiger partial charge in [0.25, 0.3) is 0 Å². The van der Waals surface area contributed by atoms with Gasteiger partial charge in [-0.15, -0.1) is 0 Å². The second-order valence-electron chi connectivity index (χ2n) is 7.74. The van der Waals surface area contributed by atoms with E-state index in [9.17, 15) is 18.0 Å². The Hall–Kier alpha value is -3.14. The number of amides is 1. The first-order valence-electron chi connectivity index (χ1n) is 9.54. The zero-order valence-corrected chi connectivity index (χ0v) is 16.6. The molecule has 3 aromatic rings. The molecule has 2 bridgehead atoms. The number of nitrogens with one attached hydrogen (secondary N) is 2. The molecule has 1 unspecified atom stereocenters. The number of rotatable bonds is 4. The van der Waals surface area contributed by atoms with Gasteiger partial charge in [-0.2, -0.15) is 13.2 Å². The molecule has 7 nitrogen and oxygen atoms in total. The number of alkyl halides is 3. The van der Waals surface area contributed by atoms with Crippen LogP contribution in [-0.2, 0) is 11.0 Å². The quantitative estimate of drug-likeness (QED) is 0.526. The minimum absolute atomic E-state index is 0.0895. The number of imidazole rings is 1. The normalized spacial score (nSPS) is 24.8. The Balaban J connectivity index is 1.51. The van der Waals surface area contributed by atoms with Crippen LogP contribution in [-0.4, -0.2) is 31.9 Å². The second-order valence-corrected chi connectivity index (χ2v) is 8.15. The Morgan fingerprint density at radius 2 is 1.97 bits per heavy atom. The molecule has 5 rings (SSSR count). The lowest BCUT2D eigenvalue weighted by Crippen LogP contribution is -2.41. The summed E-state index contributed by atoms with van der Waals surface area (Å²) in [6, 6.07) is 1.95. The number of aromatic nitrogens is 4. The highest BCUT2D eigenvalue weighted by Crippen LogP contribution is 2.46. The smallest absolute Gasteiger partial charge is 0.378 e. The van der Waals surface area contributed by atoms with E-state index in [-0.39, 0.29) is 29.7 Å². The number of fused-ring (bicyclic) bond motifs is 3. The van der Waals surface area contributed by atoms with Crippen molar-refractivity contribution in [3.05, 3.63) is 47.4 Å². The second kappa shape index (κ2) is 6.94. The number of primary amides is 1. The molecule has 4 N–H and O–H groups in total. The number of pyridine rings is 2. The van der Waals surface area contributed by atoms with Gasteiger partial charge in [-0.3, -0.25) is 9.78 Å². The summed E-state index contributed by atoms with van der Waals surface area (Å²) in [4.78, 5) is 27.1. The lowest BCUT2D eigenvalue weighted by molar-refractivity contribution is -0.141. The predicted molar refractivity (Wildman–Crippen MR) is 108 cm³/mol. The highest BCUT2D eigenvalue weighted by molar-refractivity contribution is 6.34. The molecule has 31 heavy (non-hydrogen) atoms. The molecule has 2 aliphatic rings. The molecule has 1 saturated carbocycles. The summed E-state index contributed by atoms with van der Waals surface area (Å²) in [7, 11) is 0. The van der Waals surface area contributed by atoms with Gasteiger partial charge in [0.15, 0.2) is 5.65 Å². The highest BCUT2D eigenvalue weighted by Gasteiger charge is 2.47. The Labute approximate surface area is 178 Å². The van der Waals surface area contributed by atoms with E-state index in [4.69, 9.17) is 17.3 Å². The molecule has 0 aliphatic heterocycles. The molecule has 1 fully saturated rings. The predicted octanol–water partition coefficient (Wildman–Crippen LogP) is 3.78. The van der Waals surface area contributed by atoms with Gasteiger partial charge in [-0.05, 0) is 30.4 Å². The van der Waals surface area contributed by atoms with Gasteiger partial charge >= 0.3 is 6.18 Å². The fourth-order valence-electron chi connectivity index (χ4n) is 4.49. The molecule has 0 spiro atoms. The number of carbonyl (C=O) groups is 1. The molecule has 3 heterocycles. The Bertz CT molecular complexity index is 1210. The Morgan fingerprint density at radius 1 is 1.19 bits per heavy atom. The van der Waals surface area contributed by atoms with Crippen LogP contribution in [0.5, 0.6) is 0 Å². The van der Waals surface area contributed by atoms with Crippen LogP contribution in [0.1, 0.15) is 12.1 Å². The topological polar surface area (TPSA) is 110 Å². The first kappa shape index (κ1) is 19.8. The highest BCUT2D eigenvalue weighted by atomic mass is 35.5. The van der Waals surface area contributed by atoms with Crippen LogP contribution >= 0.6 is 11.6 Å². The Morgan fingerprint density at radius 3 is 2.65 bits per heavy atom. The lowest BCUT2D eigenvalue weighted by Gasteiger charge is -2.28. The van der Waals surface area contributed by atoms with Gasteiger partial charge in [0.05, 0.1) is 22.8 Å². The molecule has 11 heteroatoms. The number of allylic oxidation sites excluding steroid dienone is 1. The average molecular weight is 449 g/mol. The van der Waals surface area contributed by atoms with Crippen LogP contribution in [0.25, 0.3) is 22.6 Å². The summed E-state index contributed by atoms with van der Waals surface area (Å²) < 4.78 is 38.3. The zero-order chi connectivity index (χ0) is 21.9. The molecular weight excluding hydrogens is 433 g/mol. The number of hydrogen-bond donors (Lipinski definition) is 3. The third-order valence-corrected chi connectivity index (χ3v) is 6.19. The standard InChI is InChI=1S/C20H16ClF3N6O/c21-11-7-27-19-16(15(11)28-14-9-2-1-8(5-9)13(14)17(25)31)29-18(30-19)10-3-4-12(26-6-10)20(22,23)24/h1-4,6-9,13-14H,5H2,(H2,25,31)(H2,27,28,29,30)/t8-,9+,13+,14?/m1/s1. The van der Waals surface area contributed by atoms with Crippen molar-refractivity contribution in [2.24, 2.45) is 23.5 Å². The van der Waals surface area contributed by atoms with Gasteiger partial charge in [-0.1, -0.05) is 23.8 Å². The maximum absolute atomic E-state index is 12.8. The van der Waals surface area contributed by atoms with Crippen LogP contribution in [0.15, 0.2) is 36.7 Å². The van der Waals surface area contributed by atoms with Crippen molar-refractivity contribution in [2.75, 3.05) is 5.32 Å². The number of anilines is 1. The summed E-state index contributed by atoms with van der Waals surface area (Å²) in [6.45, 7) is 0. The van der Waals surface area contributed by atoms with E-state index in [0.29, 0.717) is 33.3 Å². The van der Waals surface area contributed by atoms with Crippen molar-refractivity contribution < 1.29 is 18.0 Å². The largest absolute Gasteiger partial charge is 0.433 e. The van der Waals surface area contributed by atoms with Crippen LogP contribution in [0.4, 0.5) is 18.9 Å². The molecule has 160 valence electrons. The van der Waals surface area contributed by atoms with Crippen LogP contribution in [0, 0.1) is 17.8 Å². The van der Waals surface area contributed by atoms with E-state index in [2.05, 4.69) is 31.3 Å². The van der Waals surface area contributed by atoms with E-state index in [1.165, 1.54) is 12.3 Å². The molecule has 2 aliphatic carbocycles. The number of hydrogen-bond acceptors (Lipinski definition) is 5. The number of nitrogens with zero attached hydrogens (tertiary/aromatic N) is 3. The summed E-state index contributed by atoms with van der Waals surface area (Å²) >= 11 is 6.39. The number of H-pyrrole nitrogens is 1. The minimum Gasteiger partial charge on any atom is -0.378 e. The van der Waals surface area contributed by atoms with E-state index in [1.807, 2.05) is 6.08 Å². The maximum atomic E-state index is 12.8. The zero-order valence-electron chi connectivity index (χ0n) is 15.8. The maximum Gasteiger partial charge on any atom is 0.433 e. The van der Waals surface area contributed by atoms with Crippen molar-refractivity contribution in [3.63, 3.8) is 0 Å². The van der Waals surface area contributed by atoms with Gasteiger partial charge in [0, 0.05) is 17.8 Å². The molecule has 1 amide bonds. The van der Waals surface area contributed by atoms with Gasteiger partial charge < -0.3 is 16.0 Å². The fraction of sp³-hybridized carbons (Fsp3) is 0.300. The number of aromatic amines is 1. The van der Waals surface area contributed by atoms with E-state index in [0.717, 1.165) is 18.7 Å². The van der Waals surface area contributed by atoms with Crippen molar-refractivity contribution in [3.8, 4) is 11.4 Å². The summed E-state index contributed by atoms with van der Waals surface area (Å²) in [5.41, 5.74) is 6.34. The summed E-state index contributed by atoms with van der Waals surface area (Å²) in [5.74, 6) is -0.212. The third-order valence-electron chi connectivity index (χ3n) is 5.90. The first-order valence-corrected chi connectivity index (χ1v) is 9.92. The lowest BCUT2D eigenvalue weighted by atomic mass is 9.88. The molecule has 0 aromatic carbocycles. The average Bonchev–Trinajstić information content (AvgIpc) is 3.43. The van der Waals surface area contributed by atoms with Crippen LogP contribution in [0.3, 0.4) is 0 Å². The summed E-state index contributed by atoms with van der Waals surface area (Å²) in [6.07, 6.45) is 2.94. The first-order chi connectivity index (χ1) is 14.7.